The highest BCUT2D eigenvalue weighted by Crippen LogP contribution is 2.19. The van der Waals surface area contributed by atoms with E-state index in [9.17, 15) is 14.4 Å². The molecule has 8 heteroatoms. The number of methoxy groups -OCH3 is 1. The van der Waals surface area contributed by atoms with Crippen molar-refractivity contribution >= 4 is 34.5 Å². The second-order valence-corrected chi connectivity index (χ2v) is 7.01. The van der Waals surface area contributed by atoms with Crippen molar-refractivity contribution in [2.45, 2.75) is 44.8 Å². The van der Waals surface area contributed by atoms with Gasteiger partial charge in [0, 0.05) is 13.1 Å². The summed E-state index contributed by atoms with van der Waals surface area (Å²) in [5, 5.41) is 3.74. The van der Waals surface area contributed by atoms with Crippen LogP contribution in [0.5, 0.6) is 0 Å². The van der Waals surface area contributed by atoms with Crippen LogP contribution in [-0.2, 0) is 16.1 Å². The first-order valence-corrected chi connectivity index (χ1v) is 10.0. The Morgan fingerprint density at radius 2 is 2.04 bits per heavy atom. The Morgan fingerprint density at radius 3 is 2.70 bits per heavy atom. The van der Waals surface area contributed by atoms with Gasteiger partial charge in [-0.05, 0) is 31.0 Å². The van der Waals surface area contributed by atoms with E-state index in [1.165, 1.54) is 18.9 Å². The summed E-state index contributed by atoms with van der Waals surface area (Å²) in [4.78, 5) is 41.2. The monoisotopic (exact) mass is 391 g/mol. The first kappa shape index (κ1) is 21.0. The molecular formula is C19H25N3O4S. The molecule has 0 bridgehead atoms. The maximum atomic E-state index is 12.9. The Morgan fingerprint density at radius 1 is 1.26 bits per heavy atom. The maximum Gasteiger partial charge on any atom is 0.337 e. The van der Waals surface area contributed by atoms with Crippen molar-refractivity contribution in [3.05, 3.63) is 34.1 Å². The lowest BCUT2D eigenvalue weighted by atomic mass is 10.1. The third-order valence-electron chi connectivity index (χ3n) is 3.98. The molecule has 1 amide bonds. The molecule has 146 valence electrons. The quantitative estimate of drug-likeness (QED) is 0.401. The Hall–Kier alpha value is -2.35. The van der Waals surface area contributed by atoms with Crippen LogP contribution < -0.4 is 10.9 Å². The molecule has 0 unspecified atom stereocenters. The molecule has 2 aromatic rings. The number of ether oxygens (including phenoxy) is 1. The van der Waals surface area contributed by atoms with Gasteiger partial charge in [-0.25, -0.2) is 9.78 Å². The predicted octanol–water partition coefficient (Wildman–Crippen LogP) is 2.60. The van der Waals surface area contributed by atoms with Gasteiger partial charge in [-0.15, -0.1) is 0 Å². The number of amides is 1. The number of thioether (sulfide) groups is 1. The van der Waals surface area contributed by atoms with Crippen molar-refractivity contribution in [3.8, 4) is 0 Å². The van der Waals surface area contributed by atoms with E-state index >= 15 is 0 Å². The third kappa shape index (κ3) is 5.32. The van der Waals surface area contributed by atoms with Crippen LogP contribution >= 0.6 is 11.8 Å². The van der Waals surface area contributed by atoms with E-state index < -0.39 is 5.97 Å². The van der Waals surface area contributed by atoms with Gasteiger partial charge in [0.25, 0.3) is 5.56 Å². The van der Waals surface area contributed by atoms with Crippen LogP contribution in [0.3, 0.4) is 0 Å². The highest BCUT2D eigenvalue weighted by Gasteiger charge is 2.15. The number of esters is 1. The van der Waals surface area contributed by atoms with Crippen LogP contribution in [0.25, 0.3) is 10.9 Å². The van der Waals surface area contributed by atoms with E-state index in [0.717, 1.165) is 19.3 Å². The van der Waals surface area contributed by atoms with Gasteiger partial charge in [0.15, 0.2) is 5.16 Å². The molecule has 0 aliphatic rings. The van der Waals surface area contributed by atoms with Gasteiger partial charge in [0.1, 0.15) is 0 Å². The van der Waals surface area contributed by atoms with E-state index in [1.807, 2.05) is 13.8 Å². The maximum absolute atomic E-state index is 12.9. The molecule has 0 aliphatic heterocycles. The number of fused-ring (bicyclic) bond motifs is 1. The van der Waals surface area contributed by atoms with Gasteiger partial charge in [0.2, 0.25) is 5.91 Å². The second-order valence-electron chi connectivity index (χ2n) is 6.07. The predicted molar refractivity (Wildman–Crippen MR) is 106 cm³/mol. The van der Waals surface area contributed by atoms with Gasteiger partial charge >= 0.3 is 5.97 Å². The first-order chi connectivity index (χ1) is 13.0. The van der Waals surface area contributed by atoms with Crippen molar-refractivity contribution in [3.63, 3.8) is 0 Å². The molecule has 2 rings (SSSR count). The lowest BCUT2D eigenvalue weighted by Crippen LogP contribution is -2.27. The molecule has 0 fully saturated rings. The number of hydrogen-bond acceptors (Lipinski definition) is 6. The molecule has 0 radical (unpaired) electrons. The summed E-state index contributed by atoms with van der Waals surface area (Å²) >= 11 is 1.23. The number of rotatable bonds is 9. The normalized spacial score (nSPS) is 10.8. The fraction of sp³-hybridized carbons (Fsp3) is 0.474. The summed E-state index contributed by atoms with van der Waals surface area (Å²) < 4.78 is 6.34. The summed E-state index contributed by atoms with van der Waals surface area (Å²) in [6.45, 7) is 5.19. The van der Waals surface area contributed by atoms with Gasteiger partial charge in [-0.1, -0.05) is 32.0 Å². The summed E-state index contributed by atoms with van der Waals surface area (Å²) in [6.07, 6.45) is 2.64. The van der Waals surface area contributed by atoms with Crippen LogP contribution in [0.4, 0.5) is 0 Å². The molecule has 0 saturated heterocycles. The minimum Gasteiger partial charge on any atom is -0.465 e. The van der Waals surface area contributed by atoms with E-state index in [4.69, 9.17) is 4.74 Å². The summed E-state index contributed by atoms with van der Waals surface area (Å²) in [6, 6.07) is 4.71. The molecule has 7 nitrogen and oxygen atoms in total. The molecule has 0 aliphatic carbocycles. The zero-order valence-electron chi connectivity index (χ0n) is 15.9. The lowest BCUT2D eigenvalue weighted by Gasteiger charge is -2.13. The number of carbonyl (C=O) groups excluding carboxylic acids is 2. The number of nitrogens with zero attached hydrogens (tertiary/aromatic N) is 2. The van der Waals surface area contributed by atoms with Gasteiger partial charge < -0.3 is 10.1 Å². The topological polar surface area (TPSA) is 90.3 Å². The minimum atomic E-state index is -0.484. The molecule has 0 saturated carbocycles. The van der Waals surface area contributed by atoms with Crippen LogP contribution in [0, 0.1) is 0 Å². The molecular weight excluding hydrogens is 366 g/mol. The van der Waals surface area contributed by atoms with Crippen LogP contribution in [-0.4, -0.2) is 40.8 Å². The van der Waals surface area contributed by atoms with Crippen LogP contribution in [0.1, 0.15) is 43.5 Å². The second kappa shape index (κ2) is 10.1. The number of aromatic nitrogens is 2. The Balaban J connectivity index is 2.42. The Kier molecular flexibility index (Phi) is 7.84. The van der Waals surface area contributed by atoms with Crippen molar-refractivity contribution in [2.75, 3.05) is 19.4 Å². The van der Waals surface area contributed by atoms with Gasteiger partial charge in [-0.2, -0.15) is 0 Å². The number of carbonyl (C=O) groups is 2. The fourth-order valence-electron chi connectivity index (χ4n) is 2.51. The molecule has 1 aromatic heterocycles. The number of unbranched alkanes of at least 4 members (excludes halogenated alkanes) is 1. The van der Waals surface area contributed by atoms with Crippen molar-refractivity contribution in [1.82, 2.24) is 14.9 Å². The smallest absolute Gasteiger partial charge is 0.337 e. The lowest BCUT2D eigenvalue weighted by molar-refractivity contribution is -0.118. The zero-order valence-corrected chi connectivity index (χ0v) is 16.7. The molecule has 1 N–H and O–H groups in total. The third-order valence-corrected chi connectivity index (χ3v) is 4.96. The summed E-state index contributed by atoms with van der Waals surface area (Å²) in [5.74, 6) is -0.399. The van der Waals surface area contributed by atoms with E-state index in [2.05, 4.69) is 10.3 Å². The van der Waals surface area contributed by atoms with Crippen LogP contribution in [0.2, 0.25) is 0 Å². The SMILES string of the molecule is CCCCn1c(SCC(=O)NCCC)nc2cc(C(=O)OC)ccc2c1=O. The average molecular weight is 391 g/mol. The molecule has 27 heavy (non-hydrogen) atoms. The highest BCUT2D eigenvalue weighted by molar-refractivity contribution is 7.99. The van der Waals surface area contributed by atoms with Crippen LogP contribution in [0.15, 0.2) is 28.2 Å². The Labute approximate surface area is 162 Å². The van der Waals surface area contributed by atoms with Gasteiger partial charge in [0.05, 0.1) is 29.3 Å². The molecule has 1 heterocycles. The molecule has 1 aromatic carbocycles. The summed E-state index contributed by atoms with van der Waals surface area (Å²) in [5.41, 5.74) is 0.591. The first-order valence-electron chi connectivity index (χ1n) is 9.04. The standard InChI is InChI=1S/C19H25N3O4S/c1-4-6-10-22-17(24)14-8-7-13(18(25)26-3)11-15(14)21-19(22)27-12-16(23)20-9-5-2/h7-8,11H,4-6,9-10,12H2,1-3H3,(H,20,23). The van der Waals surface area contributed by atoms with E-state index in [0.29, 0.717) is 34.7 Å². The van der Waals surface area contributed by atoms with E-state index in [1.54, 1.807) is 22.8 Å². The zero-order chi connectivity index (χ0) is 19.8. The molecule has 0 spiro atoms. The minimum absolute atomic E-state index is 0.0958. The van der Waals surface area contributed by atoms with Crippen molar-refractivity contribution < 1.29 is 14.3 Å². The number of nitrogens with one attached hydrogen (secondary N) is 1. The largest absolute Gasteiger partial charge is 0.465 e. The van der Waals surface area contributed by atoms with Crippen molar-refractivity contribution in [2.24, 2.45) is 0 Å². The average Bonchev–Trinajstić information content (AvgIpc) is 2.69. The fourth-order valence-corrected chi connectivity index (χ4v) is 3.37. The molecule has 0 atom stereocenters. The highest BCUT2D eigenvalue weighted by atomic mass is 32.2. The van der Waals surface area contributed by atoms with Crippen molar-refractivity contribution in [1.29, 1.82) is 0 Å². The van der Waals surface area contributed by atoms with Gasteiger partial charge in [-0.3, -0.25) is 14.2 Å². The number of hydrogen-bond donors (Lipinski definition) is 1. The summed E-state index contributed by atoms with van der Waals surface area (Å²) in [7, 11) is 1.30. The van der Waals surface area contributed by atoms with E-state index in [-0.39, 0.29) is 17.2 Å². The number of benzene rings is 1. The Bertz CT molecular complexity index is 879.